The molecule has 1 N–H and O–H groups in total. The quantitative estimate of drug-likeness (QED) is 0.897. The lowest BCUT2D eigenvalue weighted by atomic mass is 9.97. The number of nitrogens with zero attached hydrogens (tertiary/aromatic N) is 4. The van der Waals surface area contributed by atoms with Crippen LogP contribution < -0.4 is 5.32 Å². The Morgan fingerprint density at radius 1 is 1.17 bits per heavy atom. The van der Waals surface area contributed by atoms with Crippen molar-refractivity contribution < 1.29 is 0 Å². The minimum Gasteiger partial charge on any atom is -0.317 e. The van der Waals surface area contributed by atoms with E-state index in [9.17, 15) is 0 Å². The molecule has 94 valence electrons. The first-order chi connectivity index (χ1) is 8.84. The predicted molar refractivity (Wildman–Crippen MR) is 69.0 cm³/mol. The van der Waals surface area contributed by atoms with Gasteiger partial charge in [0.25, 0.3) is 0 Å². The molecule has 2 heterocycles. The average molecular weight is 264 g/mol. The van der Waals surface area contributed by atoms with Gasteiger partial charge in [0.2, 0.25) is 0 Å². The molecule has 0 saturated carbocycles. The van der Waals surface area contributed by atoms with Crippen LogP contribution in [0.4, 0.5) is 0 Å². The Balaban J connectivity index is 1.93. The summed E-state index contributed by atoms with van der Waals surface area (Å²) in [7, 11) is 0. The summed E-state index contributed by atoms with van der Waals surface area (Å²) in [6, 6.07) is 7.57. The predicted octanol–water partition coefficient (Wildman–Crippen LogP) is 1.78. The van der Waals surface area contributed by atoms with Crippen molar-refractivity contribution in [2.75, 3.05) is 13.1 Å². The van der Waals surface area contributed by atoms with Crippen molar-refractivity contribution in [1.29, 1.82) is 0 Å². The number of halogens is 1. The second kappa shape index (κ2) is 5.04. The molecule has 18 heavy (non-hydrogen) atoms. The smallest absolute Gasteiger partial charge is 0.159 e. The zero-order valence-corrected chi connectivity index (χ0v) is 10.6. The van der Waals surface area contributed by atoms with Crippen molar-refractivity contribution >= 4 is 11.6 Å². The molecule has 0 unspecified atom stereocenters. The lowest BCUT2D eigenvalue weighted by Gasteiger charge is -2.21. The van der Waals surface area contributed by atoms with Gasteiger partial charge in [-0.25, -0.2) is 0 Å². The summed E-state index contributed by atoms with van der Waals surface area (Å²) in [6.45, 7) is 2.05. The number of tetrazole rings is 1. The lowest BCUT2D eigenvalue weighted by molar-refractivity contribution is 0.438. The third-order valence-corrected chi connectivity index (χ3v) is 3.52. The summed E-state index contributed by atoms with van der Waals surface area (Å²) in [6.07, 6.45) is 2.15. The third-order valence-electron chi connectivity index (χ3n) is 3.27. The Hall–Kier alpha value is -1.46. The van der Waals surface area contributed by atoms with Gasteiger partial charge in [-0.1, -0.05) is 11.6 Å². The van der Waals surface area contributed by atoms with Gasteiger partial charge in [-0.2, -0.15) is 4.68 Å². The molecule has 1 aromatic heterocycles. The van der Waals surface area contributed by atoms with Gasteiger partial charge < -0.3 is 5.32 Å². The molecule has 6 heteroatoms. The van der Waals surface area contributed by atoms with Crippen molar-refractivity contribution in [1.82, 2.24) is 25.5 Å². The molecule has 0 radical (unpaired) electrons. The first-order valence-corrected chi connectivity index (χ1v) is 6.47. The van der Waals surface area contributed by atoms with Crippen LogP contribution in [0.5, 0.6) is 0 Å². The highest BCUT2D eigenvalue weighted by Gasteiger charge is 2.21. The molecule has 1 aliphatic heterocycles. The first-order valence-electron chi connectivity index (χ1n) is 6.09. The minimum atomic E-state index is 0.428. The number of rotatable bonds is 2. The monoisotopic (exact) mass is 263 g/mol. The van der Waals surface area contributed by atoms with Gasteiger partial charge in [0.1, 0.15) is 0 Å². The maximum absolute atomic E-state index is 5.89. The summed E-state index contributed by atoms with van der Waals surface area (Å²) in [5.74, 6) is 1.37. The van der Waals surface area contributed by atoms with Gasteiger partial charge in [0.15, 0.2) is 5.82 Å². The molecule has 1 saturated heterocycles. The molecule has 5 nitrogen and oxygen atoms in total. The second-order valence-electron chi connectivity index (χ2n) is 4.45. The fraction of sp³-hybridized carbons (Fsp3) is 0.417. The Morgan fingerprint density at radius 2 is 1.89 bits per heavy atom. The molecular formula is C12H14ClN5. The number of piperidine rings is 1. The molecular weight excluding hydrogens is 250 g/mol. The van der Waals surface area contributed by atoms with Crippen LogP contribution in [0.25, 0.3) is 5.69 Å². The lowest BCUT2D eigenvalue weighted by Crippen LogP contribution is -2.28. The number of aromatic nitrogens is 4. The van der Waals surface area contributed by atoms with E-state index in [2.05, 4.69) is 20.8 Å². The van der Waals surface area contributed by atoms with Gasteiger partial charge in [-0.05, 0) is 60.6 Å². The van der Waals surface area contributed by atoms with E-state index < -0.39 is 0 Å². The summed E-state index contributed by atoms with van der Waals surface area (Å²) in [5.41, 5.74) is 0.956. The van der Waals surface area contributed by atoms with E-state index >= 15 is 0 Å². The van der Waals surface area contributed by atoms with E-state index in [0.717, 1.165) is 42.5 Å². The summed E-state index contributed by atoms with van der Waals surface area (Å²) >= 11 is 5.89. The molecule has 0 amide bonds. The van der Waals surface area contributed by atoms with Crippen LogP contribution in [-0.4, -0.2) is 33.3 Å². The number of benzene rings is 1. The van der Waals surface area contributed by atoms with Crippen LogP contribution in [0.15, 0.2) is 24.3 Å². The van der Waals surface area contributed by atoms with Crippen LogP contribution in [0.2, 0.25) is 5.02 Å². The molecule has 0 spiro atoms. The second-order valence-corrected chi connectivity index (χ2v) is 4.89. The van der Waals surface area contributed by atoms with Gasteiger partial charge in [0, 0.05) is 10.9 Å². The van der Waals surface area contributed by atoms with Crippen molar-refractivity contribution in [3.63, 3.8) is 0 Å². The minimum absolute atomic E-state index is 0.428. The van der Waals surface area contributed by atoms with Crippen LogP contribution >= 0.6 is 11.6 Å². The van der Waals surface area contributed by atoms with E-state index in [4.69, 9.17) is 11.6 Å². The molecule has 1 aromatic carbocycles. The molecule has 0 atom stereocenters. The van der Waals surface area contributed by atoms with Gasteiger partial charge >= 0.3 is 0 Å². The molecule has 3 rings (SSSR count). The van der Waals surface area contributed by atoms with Gasteiger partial charge in [-0.15, -0.1) is 5.10 Å². The molecule has 2 aromatic rings. The molecule has 0 aliphatic carbocycles. The zero-order valence-electron chi connectivity index (χ0n) is 9.88. The number of nitrogens with one attached hydrogen (secondary N) is 1. The van der Waals surface area contributed by atoms with Crippen molar-refractivity contribution in [3.8, 4) is 5.69 Å². The topological polar surface area (TPSA) is 55.6 Å². The highest BCUT2D eigenvalue weighted by atomic mass is 35.5. The highest BCUT2D eigenvalue weighted by molar-refractivity contribution is 6.30. The maximum Gasteiger partial charge on any atom is 0.159 e. The fourth-order valence-corrected chi connectivity index (χ4v) is 2.42. The largest absolute Gasteiger partial charge is 0.317 e. The van der Waals surface area contributed by atoms with Crippen molar-refractivity contribution in [2.24, 2.45) is 0 Å². The molecule has 1 fully saturated rings. The molecule has 0 bridgehead atoms. The van der Waals surface area contributed by atoms with Crippen LogP contribution in [0.3, 0.4) is 0 Å². The highest BCUT2D eigenvalue weighted by Crippen LogP contribution is 2.24. The van der Waals surface area contributed by atoms with Crippen LogP contribution in [-0.2, 0) is 0 Å². The zero-order chi connectivity index (χ0) is 12.4. The fourth-order valence-electron chi connectivity index (χ4n) is 2.29. The van der Waals surface area contributed by atoms with Gasteiger partial charge in [-0.3, -0.25) is 0 Å². The van der Waals surface area contributed by atoms with E-state index in [-0.39, 0.29) is 0 Å². The average Bonchev–Trinajstić information content (AvgIpc) is 2.90. The Labute approximate surface area is 110 Å². The van der Waals surface area contributed by atoms with Crippen LogP contribution in [0, 0.1) is 0 Å². The van der Waals surface area contributed by atoms with E-state index in [1.807, 2.05) is 28.9 Å². The van der Waals surface area contributed by atoms with Crippen molar-refractivity contribution in [2.45, 2.75) is 18.8 Å². The summed E-state index contributed by atoms with van der Waals surface area (Å²) < 4.78 is 1.81. The Kier molecular flexibility index (Phi) is 3.25. The summed E-state index contributed by atoms with van der Waals surface area (Å²) in [4.78, 5) is 0. The number of hydrogen-bond acceptors (Lipinski definition) is 4. The Bertz CT molecular complexity index is 516. The normalized spacial score (nSPS) is 16.9. The van der Waals surface area contributed by atoms with Gasteiger partial charge in [0.05, 0.1) is 5.69 Å². The SMILES string of the molecule is Clc1ccc(-n2nnnc2C2CCNCC2)cc1. The third kappa shape index (κ3) is 2.23. The van der Waals surface area contributed by atoms with Crippen molar-refractivity contribution in [3.05, 3.63) is 35.1 Å². The maximum atomic E-state index is 5.89. The van der Waals surface area contributed by atoms with Crippen LogP contribution in [0.1, 0.15) is 24.6 Å². The van der Waals surface area contributed by atoms with E-state index in [0.29, 0.717) is 5.92 Å². The standard InChI is InChI=1S/C12H14ClN5/c13-10-1-3-11(4-2-10)18-12(15-16-17-18)9-5-7-14-8-6-9/h1-4,9,14H,5-8H2. The molecule has 1 aliphatic rings. The van der Waals surface area contributed by atoms with E-state index in [1.165, 1.54) is 0 Å². The summed E-state index contributed by atoms with van der Waals surface area (Å²) in [5, 5.41) is 16.1. The number of hydrogen-bond donors (Lipinski definition) is 1. The Morgan fingerprint density at radius 3 is 2.61 bits per heavy atom. The first kappa shape index (κ1) is 11.6. The van der Waals surface area contributed by atoms with E-state index in [1.54, 1.807) is 0 Å².